The van der Waals surface area contributed by atoms with Gasteiger partial charge in [-0.05, 0) is 31.0 Å². The lowest BCUT2D eigenvalue weighted by Crippen LogP contribution is -2.45. The van der Waals surface area contributed by atoms with Gasteiger partial charge in [0, 0.05) is 20.3 Å². The number of nitrogens with zero attached hydrogens (tertiary/aromatic N) is 1. The van der Waals surface area contributed by atoms with Gasteiger partial charge in [-0.2, -0.15) is 0 Å². The van der Waals surface area contributed by atoms with E-state index in [9.17, 15) is 9.59 Å². The number of amides is 2. The molecule has 0 spiro atoms. The van der Waals surface area contributed by atoms with E-state index in [0.29, 0.717) is 24.6 Å². The van der Waals surface area contributed by atoms with E-state index in [1.165, 1.54) is 4.90 Å². The van der Waals surface area contributed by atoms with Crippen LogP contribution in [-0.2, 0) is 14.3 Å². The smallest absolute Gasteiger partial charge is 0.265 e. The van der Waals surface area contributed by atoms with Crippen LogP contribution in [0.1, 0.15) is 12.0 Å². The molecule has 1 N–H and O–H groups in total. The number of benzene rings is 1. The van der Waals surface area contributed by atoms with Gasteiger partial charge in [0.2, 0.25) is 5.91 Å². The Bertz CT molecular complexity index is 530. The van der Waals surface area contributed by atoms with Crippen LogP contribution in [0.4, 0.5) is 5.69 Å². The van der Waals surface area contributed by atoms with Crippen molar-refractivity contribution in [1.82, 2.24) is 5.32 Å². The molecule has 0 fully saturated rings. The summed E-state index contributed by atoms with van der Waals surface area (Å²) in [6.45, 7) is 3.03. The van der Waals surface area contributed by atoms with Crippen LogP contribution in [0.25, 0.3) is 0 Å². The van der Waals surface area contributed by atoms with E-state index in [4.69, 9.17) is 9.47 Å². The molecule has 1 aliphatic heterocycles. The maximum atomic E-state index is 12.0. The lowest BCUT2D eigenvalue weighted by Gasteiger charge is -2.29. The molecule has 0 saturated carbocycles. The molecule has 2 rings (SSSR count). The summed E-state index contributed by atoms with van der Waals surface area (Å²) in [7, 11) is 1.62. The van der Waals surface area contributed by atoms with Crippen LogP contribution in [0.2, 0.25) is 0 Å². The van der Waals surface area contributed by atoms with Gasteiger partial charge in [0.15, 0.2) is 6.61 Å². The van der Waals surface area contributed by atoms with Crippen molar-refractivity contribution >= 4 is 17.5 Å². The Kier molecular flexibility index (Phi) is 5.16. The molecule has 1 aromatic carbocycles. The number of carbonyl (C=O) groups excluding carboxylic acids is 2. The second-order valence-corrected chi connectivity index (χ2v) is 4.94. The first kappa shape index (κ1) is 15.3. The Morgan fingerprint density at radius 1 is 1.48 bits per heavy atom. The molecular weight excluding hydrogens is 272 g/mol. The molecule has 0 radical (unpaired) electrons. The number of ether oxygens (including phenoxy) is 2. The van der Waals surface area contributed by atoms with Gasteiger partial charge in [-0.25, -0.2) is 0 Å². The van der Waals surface area contributed by atoms with Gasteiger partial charge in [0.25, 0.3) is 5.91 Å². The molecule has 0 atom stereocenters. The molecule has 0 aliphatic carbocycles. The number of carbonyl (C=O) groups is 2. The van der Waals surface area contributed by atoms with Crippen LogP contribution < -0.4 is 15.0 Å². The van der Waals surface area contributed by atoms with E-state index in [2.05, 4.69) is 5.32 Å². The van der Waals surface area contributed by atoms with Crippen LogP contribution in [0.15, 0.2) is 18.2 Å². The highest BCUT2D eigenvalue weighted by Gasteiger charge is 2.27. The van der Waals surface area contributed by atoms with E-state index < -0.39 is 0 Å². The first-order chi connectivity index (χ1) is 10.1. The van der Waals surface area contributed by atoms with E-state index >= 15 is 0 Å². The first-order valence-corrected chi connectivity index (χ1v) is 6.91. The Morgan fingerprint density at radius 2 is 2.29 bits per heavy atom. The highest BCUT2D eigenvalue weighted by molar-refractivity contribution is 6.02. The minimum atomic E-state index is -0.208. The van der Waals surface area contributed by atoms with Gasteiger partial charge in [-0.3, -0.25) is 14.5 Å². The number of anilines is 1. The van der Waals surface area contributed by atoms with Crippen molar-refractivity contribution in [3.05, 3.63) is 23.8 Å². The highest BCUT2D eigenvalue weighted by atomic mass is 16.5. The Balaban J connectivity index is 2.01. The lowest BCUT2D eigenvalue weighted by molar-refractivity contribution is -0.125. The van der Waals surface area contributed by atoms with Crippen molar-refractivity contribution in [1.29, 1.82) is 0 Å². The Hall–Kier alpha value is -2.08. The predicted octanol–water partition coefficient (Wildman–Crippen LogP) is 0.873. The number of rotatable bonds is 6. The van der Waals surface area contributed by atoms with E-state index in [-0.39, 0.29) is 25.0 Å². The Labute approximate surface area is 124 Å². The topological polar surface area (TPSA) is 67.9 Å². The molecule has 6 heteroatoms. The number of nitrogens with one attached hydrogen (secondary N) is 1. The van der Waals surface area contributed by atoms with Crippen molar-refractivity contribution in [2.24, 2.45) is 0 Å². The van der Waals surface area contributed by atoms with Gasteiger partial charge >= 0.3 is 0 Å². The van der Waals surface area contributed by atoms with Crippen LogP contribution in [0, 0.1) is 6.92 Å². The molecule has 0 saturated heterocycles. The van der Waals surface area contributed by atoms with Gasteiger partial charge < -0.3 is 14.8 Å². The third-order valence-corrected chi connectivity index (χ3v) is 3.21. The third kappa shape index (κ3) is 3.95. The molecule has 0 bridgehead atoms. The molecule has 1 aliphatic rings. The fraction of sp³-hybridized carbons (Fsp3) is 0.467. The van der Waals surface area contributed by atoms with Gasteiger partial charge in [-0.1, -0.05) is 6.07 Å². The Morgan fingerprint density at radius 3 is 3.05 bits per heavy atom. The molecule has 1 aromatic rings. The summed E-state index contributed by atoms with van der Waals surface area (Å²) >= 11 is 0. The molecule has 21 heavy (non-hydrogen) atoms. The van der Waals surface area contributed by atoms with Crippen LogP contribution >= 0.6 is 0 Å². The maximum Gasteiger partial charge on any atom is 0.265 e. The molecule has 6 nitrogen and oxygen atoms in total. The molecule has 0 unspecified atom stereocenters. The number of methoxy groups -OCH3 is 1. The van der Waals surface area contributed by atoms with Crippen LogP contribution in [0.5, 0.6) is 5.75 Å². The number of hydrogen-bond donors (Lipinski definition) is 1. The lowest BCUT2D eigenvalue weighted by atomic mass is 10.1. The standard InChI is InChI=1S/C15H20N2O4/c1-11-4-5-13-12(8-11)17(15(19)10-21-13)9-14(18)16-6-3-7-20-2/h4-5,8H,3,6-7,9-10H2,1-2H3,(H,16,18). The normalized spacial score (nSPS) is 13.6. The van der Waals surface area contributed by atoms with Gasteiger partial charge in [0.1, 0.15) is 12.3 Å². The molecule has 0 aromatic heterocycles. The zero-order valence-corrected chi connectivity index (χ0v) is 12.3. The monoisotopic (exact) mass is 292 g/mol. The van der Waals surface area contributed by atoms with Crippen molar-refractivity contribution < 1.29 is 19.1 Å². The fourth-order valence-corrected chi connectivity index (χ4v) is 2.13. The van der Waals surface area contributed by atoms with Crippen LogP contribution in [0.3, 0.4) is 0 Å². The molecule has 1 heterocycles. The zero-order chi connectivity index (χ0) is 15.2. The number of fused-ring (bicyclic) bond motifs is 1. The number of aryl methyl sites for hydroxylation is 1. The second kappa shape index (κ2) is 7.08. The SMILES string of the molecule is COCCCNC(=O)CN1C(=O)COc2ccc(C)cc21. The summed E-state index contributed by atoms with van der Waals surface area (Å²) in [5.41, 5.74) is 1.66. The predicted molar refractivity (Wildman–Crippen MR) is 78.5 cm³/mol. The third-order valence-electron chi connectivity index (χ3n) is 3.21. The molecule has 114 valence electrons. The fourth-order valence-electron chi connectivity index (χ4n) is 2.13. The van der Waals surface area contributed by atoms with Crippen molar-refractivity contribution in [3.63, 3.8) is 0 Å². The summed E-state index contributed by atoms with van der Waals surface area (Å²) in [6, 6.07) is 5.59. The minimum absolute atomic E-state index is 0.00558. The summed E-state index contributed by atoms with van der Waals surface area (Å²) in [5.74, 6) is 0.237. The average Bonchev–Trinajstić information content (AvgIpc) is 2.47. The minimum Gasteiger partial charge on any atom is -0.482 e. The van der Waals surface area contributed by atoms with Crippen LogP contribution in [-0.4, -0.2) is 45.2 Å². The van der Waals surface area contributed by atoms with Crippen molar-refractivity contribution in [3.8, 4) is 5.75 Å². The van der Waals surface area contributed by atoms with Gasteiger partial charge in [0.05, 0.1) is 5.69 Å². The van der Waals surface area contributed by atoms with E-state index in [0.717, 1.165) is 12.0 Å². The van der Waals surface area contributed by atoms with E-state index in [1.54, 1.807) is 7.11 Å². The first-order valence-electron chi connectivity index (χ1n) is 6.91. The van der Waals surface area contributed by atoms with Crippen molar-refractivity contribution in [2.75, 3.05) is 38.3 Å². The molecule has 2 amide bonds. The quantitative estimate of drug-likeness (QED) is 0.790. The average molecular weight is 292 g/mol. The zero-order valence-electron chi connectivity index (χ0n) is 12.3. The summed E-state index contributed by atoms with van der Waals surface area (Å²) in [6.07, 6.45) is 0.745. The molecular formula is C15H20N2O4. The summed E-state index contributed by atoms with van der Waals surface area (Å²) in [5, 5.41) is 2.78. The highest BCUT2D eigenvalue weighted by Crippen LogP contribution is 2.32. The van der Waals surface area contributed by atoms with Gasteiger partial charge in [-0.15, -0.1) is 0 Å². The summed E-state index contributed by atoms with van der Waals surface area (Å²) in [4.78, 5) is 25.4. The van der Waals surface area contributed by atoms with E-state index in [1.807, 2.05) is 25.1 Å². The second-order valence-electron chi connectivity index (χ2n) is 4.94. The maximum absolute atomic E-state index is 12.0. The summed E-state index contributed by atoms with van der Waals surface area (Å²) < 4.78 is 10.3. The van der Waals surface area contributed by atoms with Crippen molar-refractivity contribution in [2.45, 2.75) is 13.3 Å². The number of hydrogen-bond acceptors (Lipinski definition) is 4. The largest absolute Gasteiger partial charge is 0.482 e.